The number of thioether (sulfide) groups is 1. The van der Waals surface area contributed by atoms with Crippen molar-refractivity contribution in [3.05, 3.63) is 41.2 Å². The Morgan fingerprint density at radius 3 is 2.58 bits per heavy atom. The SMILES string of the molecule is CC1(C)CSC(c2ccc(Nc3cc(CC(=O)C4CC4)nc4c3N=C(C(F)F)C4)c(S(C)(=O)=O)c2)=N1. The summed E-state index contributed by atoms with van der Waals surface area (Å²) in [6, 6.07) is 6.62. The molecule has 1 saturated carbocycles. The quantitative estimate of drug-likeness (QED) is 0.518. The number of Topliss-reactive ketones (excluding diaryl/α,β-unsaturated/α-hetero) is 1. The van der Waals surface area contributed by atoms with Crippen LogP contribution in [-0.2, 0) is 27.5 Å². The van der Waals surface area contributed by atoms with Crippen molar-refractivity contribution in [2.45, 2.75) is 56.4 Å². The first-order chi connectivity index (χ1) is 16.9. The van der Waals surface area contributed by atoms with E-state index in [4.69, 9.17) is 4.99 Å². The fourth-order valence-electron chi connectivity index (χ4n) is 4.23. The van der Waals surface area contributed by atoms with Crippen molar-refractivity contribution in [2.75, 3.05) is 17.3 Å². The Hall–Kier alpha value is -2.66. The predicted octanol–water partition coefficient (Wildman–Crippen LogP) is 4.92. The van der Waals surface area contributed by atoms with Gasteiger partial charge in [0.05, 0.1) is 44.0 Å². The Balaban J connectivity index is 1.55. The van der Waals surface area contributed by atoms with Gasteiger partial charge >= 0.3 is 0 Å². The molecule has 0 radical (unpaired) electrons. The second-order valence-corrected chi connectivity index (χ2v) is 13.0. The van der Waals surface area contributed by atoms with Crippen LogP contribution in [0, 0.1) is 5.92 Å². The maximum absolute atomic E-state index is 13.4. The van der Waals surface area contributed by atoms with Crippen LogP contribution in [0.1, 0.15) is 43.6 Å². The van der Waals surface area contributed by atoms with Gasteiger partial charge in [-0.25, -0.2) is 22.2 Å². The van der Waals surface area contributed by atoms with Gasteiger partial charge in [0.1, 0.15) is 11.5 Å². The molecule has 2 aromatic rings. The molecule has 0 saturated heterocycles. The van der Waals surface area contributed by atoms with E-state index in [0.29, 0.717) is 22.6 Å². The summed E-state index contributed by atoms with van der Waals surface area (Å²) in [6.07, 6.45) is 0.0909. The largest absolute Gasteiger partial charge is 0.353 e. The number of alkyl halides is 2. The molecule has 0 atom stereocenters. The smallest absolute Gasteiger partial charge is 0.277 e. The molecule has 2 aliphatic heterocycles. The molecule has 1 aliphatic carbocycles. The molecule has 5 rings (SSSR count). The van der Waals surface area contributed by atoms with Crippen LogP contribution >= 0.6 is 11.8 Å². The summed E-state index contributed by atoms with van der Waals surface area (Å²) in [6.45, 7) is 4.04. The number of aromatic nitrogens is 1. The summed E-state index contributed by atoms with van der Waals surface area (Å²) in [7, 11) is -3.66. The number of carbonyl (C=O) groups excluding carboxylic acids is 1. The zero-order chi connectivity index (χ0) is 25.8. The van der Waals surface area contributed by atoms with Crippen molar-refractivity contribution in [3.63, 3.8) is 0 Å². The highest BCUT2D eigenvalue weighted by Gasteiger charge is 2.32. The Morgan fingerprint density at radius 2 is 1.97 bits per heavy atom. The van der Waals surface area contributed by atoms with Crippen LogP contribution in [0.25, 0.3) is 0 Å². The monoisotopic (exact) mass is 532 g/mol. The normalized spacial score (nSPS) is 18.7. The lowest BCUT2D eigenvalue weighted by Crippen LogP contribution is -2.15. The topological polar surface area (TPSA) is 101 Å². The van der Waals surface area contributed by atoms with E-state index in [2.05, 4.69) is 15.3 Å². The van der Waals surface area contributed by atoms with Crippen LogP contribution in [0.2, 0.25) is 0 Å². The number of nitrogens with zero attached hydrogens (tertiary/aromatic N) is 3. The second kappa shape index (κ2) is 9.02. The van der Waals surface area contributed by atoms with Gasteiger partial charge in [-0.3, -0.25) is 14.8 Å². The number of hydrogen-bond acceptors (Lipinski definition) is 8. The fraction of sp³-hybridized carbons (Fsp3) is 0.440. The number of anilines is 2. The van der Waals surface area contributed by atoms with Gasteiger partial charge in [-0.2, -0.15) is 0 Å². The molecule has 3 heterocycles. The van der Waals surface area contributed by atoms with Gasteiger partial charge in [0.15, 0.2) is 9.84 Å². The molecule has 0 unspecified atom stereocenters. The minimum absolute atomic E-state index is 0.0371. The fourth-order valence-corrected chi connectivity index (χ4v) is 6.25. The van der Waals surface area contributed by atoms with Gasteiger partial charge in [-0.15, -0.1) is 11.8 Å². The third-order valence-electron chi connectivity index (χ3n) is 6.23. The van der Waals surface area contributed by atoms with E-state index in [1.807, 2.05) is 13.8 Å². The lowest BCUT2D eigenvalue weighted by molar-refractivity contribution is -0.119. The number of benzene rings is 1. The maximum atomic E-state index is 13.4. The molecule has 190 valence electrons. The number of carbonyl (C=O) groups is 1. The van der Waals surface area contributed by atoms with Crippen LogP contribution in [0.3, 0.4) is 0 Å². The van der Waals surface area contributed by atoms with E-state index in [0.717, 1.165) is 29.9 Å². The zero-order valence-corrected chi connectivity index (χ0v) is 21.8. The average molecular weight is 533 g/mol. The molecule has 0 bridgehead atoms. The van der Waals surface area contributed by atoms with Gasteiger partial charge in [-0.05, 0) is 44.9 Å². The first-order valence-corrected chi connectivity index (χ1v) is 14.5. The van der Waals surface area contributed by atoms with Crippen molar-refractivity contribution in [3.8, 4) is 0 Å². The van der Waals surface area contributed by atoms with E-state index < -0.39 is 16.3 Å². The van der Waals surface area contributed by atoms with Crippen LogP contribution in [-0.4, -0.2) is 53.9 Å². The molecule has 1 fully saturated rings. The molecule has 3 aliphatic rings. The number of ketones is 1. The van der Waals surface area contributed by atoms with Crippen LogP contribution < -0.4 is 5.32 Å². The van der Waals surface area contributed by atoms with Crippen molar-refractivity contribution in [2.24, 2.45) is 15.9 Å². The number of sulfone groups is 1. The summed E-state index contributed by atoms with van der Waals surface area (Å²) < 4.78 is 52.3. The van der Waals surface area contributed by atoms with Gasteiger partial charge < -0.3 is 5.32 Å². The average Bonchev–Trinajstić information content (AvgIpc) is 3.45. The predicted molar refractivity (Wildman–Crippen MR) is 138 cm³/mol. The van der Waals surface area contributed by atoms with Crippen LogP contribution in [0.4, 0.5) is 25.8 Å². The van der Waals surface area contributed by atoms with E-state index in [-0.39, 0.29) is 52.1 Å². The molecule has 11 heteroatoms. The molecule has 7 nitrogen and oxygen atoms in total. The molecule has 1 aromatic carbocycles. The van der Waals surface area contributed by atoms with Gasteiger partial charge in [0.25, 0.3) is 6.43 Å². The minimum atomic E-state index is -3.66. The van der Waals surface area contributed by atoms with Gasteiger partial charge in [0, 0.05) is 36.3 Å². The molecule has 1 aromatic heterocycles. The van der Waals surface area contributed by atoms with E-state index in [1.54, 1.807) is 36.0 Å². The van der Waals surface area contributed by atoms with Crippen molar-refractivity contribution in [1.82, 2.24) is 4.98 Å². The summed E-state index contributed by atoms with van der Waals surface area (Å²) in [5, 5.41) is 3.87. The lowest BCUT2D eigenvalue weighted by atomic mass is 10.1. The molecular weight excluding hydrogens is 506 g/mol. The number of nitrogens with one attached hydrogen (secondary N) is 1. The summed E-state index contributed by atoms with van der Waals surface area (Å²) in [5.74, 6) is 0.905. The number of rotatable bonds is 8. The zero-order valence-electron chi connectivity index (χ0n) is 20.1. The highest BCUT2D eigenvalue weighted by atomic mass is 32.2. The number of aliphatic imine (C=N–C) groups is 2. The van der Waals surface area contributed by atoms with Crippen molar-refractivity contribution < 1.29 is 22.0 Å². The molecule has 0 spiro atoms. The van der Waals surface area contributed by atoms with E-state index in [1.165, 1.54) is 0 Å². The standard InChI is InChI=1S/C25H26F2N4O3S2/c1-25(2)12-35-24(31-25)14-6-7-16(21(8-14)36(3,33)34)29-17-9-15(10-20(32)13-4-5-13)28-18-11-19(23(26)27)30-22(17)18/h6-9,13,23H,4-5,10-12H2,1-3H3,(H,28,29). The van der Waals surface area contributed by atoms with E-state index >= 15 is 0 Å². The van der Waals surface area contributed by atoms with Crippen LogP contribution in [0.5, 0.6) is 0 Å². The number of hydrogen-bond donors (Lipinski definition) is 1. The van der Waals surface area contributed by atoms with Crippen molar-refractivity contribution in [1.29, 1.82) is 0 Å². The Labute approximate surface area is 212 Å². The number of halogens is 2. The minimum Gasteiger partial charge on any atom is -0.353 e. The van der Waals surface area contributed by atoms with Gasteiger partial charge in [0.2, 0.25) is 0 Å². The number of fused-ring (bicyclic) bond motifs is 1. The first kappa shape index (κ1) is 25.0. The summed E-state index contributed by atoms with van der Waals surface area (Å²) in [5.41, 5.74) is 1.86. The van der Waals surface area contributed by atoms with Crippen molar-refractivity contribution >= 4 is 55.2 Å². The van der Waals surface area contributed by atoms with E-state index in [9.17, 15) is 22.0 Å². The summed E-state index contributed by atoms with van der Waals surface area (Å²) >= 11 is 1.57. The molecular formula is C25H26F2N4O3S2. The maximum Gasteiger partial charge on any atom is 0.277 e. The third kappa shape index (κ3) is 5.22. The second-order valence-electron chi connectivity index (χ2n) is 10.1. The summed E-state index contributed by atoms with van der Waals surface area (Å²) in [4.78, 5) is 25.7. The lowest BCUT2D eigenvalue weighted by Gasteiger charge is -2.15. The first-order valence-electron chi connectivity index (χ1n) is 11.6. The Kier molecular flexibility index (Phi) is 6.27. The third-order valence-corrected chi connectivity index (χ3v) is 8.81. The Bertz CT molecular complexity index is 1430. The van der Waals surface area contributed by atoms with Crippen LogP contribution in [0.15, 0.2) is 39.1 Å². The molecule has 0 amide bonds. The van der Waals surface area contributed by atoms with Gasteiger partial charge in [-0.1, -0.05) is 6.07 Å². The molecule has 1 N–H and O–H groups in total. The highest BCUT2D eigenvalue weighted by Crippen LogP contribution is 2.40. The number of pyridine rings is 1. The highest BCUT2D eigenvalue weighted by molar-refractivity contribution is 8.14. The Morgan fingerprint density at radius 1 is 1.22 bits per heavy atom. The molecule has 36 heavy (non-hydrogen) atoms.